The summed E-state index contributed by atoms with van der Waals surface area (Å²) in [6.07, 6.45) is 1.89. The monoisotopic (exact) mass is 469 g/mol. The molecule has 1 saturated heterocycles. The molecule has 7 nitrogen and oxygen atoms in total. The third kappa shape index (κ3) is 4.25. The highest BCUT2D eigenvalue weighted by Gasteiger charge is 2.37. The second-order valence-electron chi connectivity index (χ2n) is 8.54. The molecule has 33 heavy (non-hydrogen) atoms. The van der Waals surface area contributed by atoms with E-state index in [0.717, 1.165) is 30.5 Å². The molecule has 172 valence electrons. The Bertz CT molecular complexity index is 1270. The van der Waals surface area contributed by atoms with Crippen molar-refractivity contribution in [3.8, 4) is 11.5 Å². The fourth-order valence-electron chi connectivity index (χ4n) is 3.94. The Kier molecular flexibility index (Phi) is 5.44. The zero-order valence-electron chi connectivity index (χ0n) is 18.2. The molecule has 0 N–H and O–H groups in total. The van der Waals surface area contributed by atoms with Gasteiger partial charge in [0.15, 0.2) is 0 Å². The van der Waals surface area contributed by atoms with E-state index >= 15 is 0 Å². The Morgan fingerprint density at radius 2 is 1.64 bits per heavy atom. The molecular weight excluding hydrogens is 445 g/mol. The van der Waals surface area contributed by atoms with Crippen molar-refractivity contribution in [2.24, 2.45) is 5.92 Å². The number of amides is 1. The van der Waals surface area contributed by atoms with E-state index < -0.39 is 15.7 Å². The zero-order chi connectivity index (χ0) is 23.2. The van der Waals surface area contributed by atoms with E-state index in [-0.39, 0.29) is 33.5 Å². The molecule has 1 aromatic heterocycles. The van der Waals surface area contributed by atoms with E-state index in [1.807, 2.05) is 41.0 Å². The van der Waals surface area contributed by atoms with Crippen LogP contribution in [0, 0.1) is 18.7 Å². The number of carbonyl (C=O) groups is 1. The Balaban J connectivity index is 1.51. The number of rotatable bonds is 5. The number of aromatic nitrogens is 1. The van der Waals surface area contributed by atoms with Crippen molar-refractivity contribution in [2.75, 3.05) is 31.1 Å². The number of nitrogens with zero attached hydrogens (tertiary/aromatic N) is 3. The summed E-state index contributed by atoms with van der Waals surface area (Å²) >= 11 is 0. The molecule has 3 aromatic rings. The van der Waals surface area contributed by atoms with Crippen LogP contribution in [0.3, 0.4) is 0 Å². The van der Waals surface area contributed by atoms with Crippen LogP contribution >= 0.6 is 0 Å². The maximum atomic E-state index is 13.4. The van der Waals surface area contributed by atoms with Crippen molar-refractivity contribution >= 4 is 21.6 Å². The maximum Gasteiger partial charge on any atom is 0.236 e. The molecule has 2 aromatic carbocycles. The smallest absolute Gasteiger partial charge is 0.236 e. The molecule has 2 fully saturated rings. The van der Waals surface area contributed by atoms with Gasteiger partial charge in [-0.15, -0.1) is 0 Å². The number of benzene rings is 2. The van der Waals surface area contributed by atoms with Gasteiger partial charge in [0.1, 0.15) is 5.82 Å². The van der Waals surface area contributed by atoms with E-state index in [1.54, 1.807) is 0 Å². The van der Waals surface area contributed by atoms with E-state index in [9.17, 15) is 17.6 Å². The summed E-state index contributed by atoms with van der Waals surface area (Å²) in [4.78, 5) is 20.4. The lowest BCUT2D eigenvalue weighted by molar-refractivity contribution is -0.132. The Morgan fingerprint density at radius 3 is 2.24 bits per heavy atom. The lowest BCUT2D eigenvalue weighted by atomic mass is 10.1. The largest absolute Gasteiger partial charge is 0.419 e. The van der Waals surface area contributed by atoms with Gasteiger partial charge in [-0.05, 0) is 56.2 Å². The van der Waals surface area contributed by atoms with Crippen LogP contribution in [0.1, 0.15) is 18.4 Å². The van der Waals surface area contributed by atoms with Crippen molar-refractivity contribution in [3.05, 3.63) is 59.9 Å². The first-order chi connectivity index (χ1) is 15.8. The average molecular weight is 470 g/mol. The topological polar surface area (TPSA) is 83.7 Å². The minimum atomic E-state index is -4.06. The molecule has 2 heterocycles. The molecular formula is C24H24FN3O4S. The van der Waals surface area contributed by atoms with E-state index in [4.69, 9.17) is 4.42 Å². The molecule has 2 aliphatic rings. The van der Waals surface area contributed by atoms with Gasteiger partial charge in [0.25, 0.3) is 0 Å². The molecule has 1 saturated carbocycles. The van der Waals surface area contributed by atoms with Crippen LogP contribution in [0.25, 0.3) is 11.5 Å². The van der Waals surface area contributed by atoms with Gasteiger partial charge in [0.05, 0.1) is 4.90 Å². The molecule has 0 spiro atoms. The first-order valence-electron chi connectivity index (χ1n) is 11.0. The van der Waals surface area contributed by atoms with Crippen LogP contribution in [-0.2, 0) is 14.6 Å². The number of oxazole rings is 1. The Morgan fingerprint density at radius 1 is 1.00 bits per heavy atom. The normalized spacial score (nSPS) is 16.8. The second-order valence-corrected chi connectivity index (χ2v) is 10.4. The van der Waals surface area contributed by atoms with Crippen LogP contribution in [0.15, 0.2) is 62.9 Å². The predicted octanol–water partition coefficient (Wildman–Crippen LogP) is 3.68. The third-order valence-electron chi connectivity index (χ3n) is 6.06. The van der Waals surface area contributed by atoms with Crippen molar-refractivity contribution in [1.29, 1.82) is 0 Å². The van der Waals surface area contributed by atoms with Gasteiger partial charge >= 0.3 is 0 Å². The van der Waals surface area contributed by atoms with Gasteiger partial charge in [-0.25, -0.2) is 12.8 Å². The lowest BCUT2D eigenvalue weighted by Crippen LogP contribution is -2.49. The predicted molar refractivity (Wildman–Crippen MR) is 120 cm³/mol. The highest BCUT2D eigenvalue weighted by molar-refractivity contribution is 7.91. The van der Waals surface area contributed by atoms with Crippen molar-refractivity contribution in [2.45, 2.75) is 29.7 Å². The van der Waals surface area contributed by atoms with Crippen LogP contribution in [-0.4, -0.2) is 50.4 Å². The standard InChI is InChI=1S/C24H24FN3O4S/c1-16-2-4-17(5-3-16)21-26-22(33(30,31)20-10-8-19(25)9-11-20)24(32-21)28-14-12-27(13-15-28)23(29)18-6-7-18/h2-5,8-11,18H,6-7,12-15H2,1H3. The van der Waals surface area contributed by atoms with Gasteiger partial charge in [0.2, 0.25) is 32.5 Å². The molecule has 0 atom stereocenters. The zero-order valence-corrected chi connectivity index (χ0v) is 19.0. The van der Waals surface area contributed by atoms with Crippen LogP contribution in [0.5, 0.6) is 0 Å². The summed E-state index contributed by atoms with van der Waals surface area (Å²) in [6.45, 7) is 3.81. The Labute approximate surface area is 191 Å². The number of aryl methyl sites for hydroxylation is 1. The van der Waals surface area contributed by atoms with E-state index in [2.05, 4.69) is 4.98 Å². The number of hydrogen-bond acceptors (Lipinski definition) is 6. The third-order valence-corrected chi connectivity index (χ3v) is 7.73. The van der Waals surface area contributed by atoms with Crippen molar-refractivity contribution < 1.29 is 22.0 Å². The molecule has 1 aliphatic heterocycles. The molecule has 0 bridgehead atoms. The summed E-state index contributed by atoms with van der Waals surface area (Å²) in [5.74, 6) is 0.137. The summed E-state index contributed by atoms with van der Waals surface area (Å²) in [5.41, 5.74) is 1.71. The molecule has 9 heteroatoms. The van der Waals surface area contributed by atoms with Crippen LogP contribution < -0.4 is 4.90 Å². The number of carbonyl (C=O) groups excluding carboxylic acids is 1. The molecule has 0 radical (unpaired) electrons. The fourth-order valence-corrected chi connectivity index (χ4v) is 5.26. The summed E-state index contributed by atoms with van der Waals surface area (Å²) in [5, 5.41) is -0.202. The molecule has 1 amide bonds. The molecule has 1 aliphatic carbocycles. The first-order valence-corrected chi connectivity index (χ1v) is 12.4. The second kappa shape index (κ2) is 8.30. The number of hydrogen-bond donors (Lipinski definition) is 0. The highest BCUT2D eigenvalue weighted by Crippen LogP contribution is 2.36. The van der Waals surface area contributed by atoms with Crippen molar-refractivity contribution in [3.63, 3.8) is 0 Å². The van der Waals surface area contributed by atoms with Gasteiger partial charge in [-0.2, -0.15) is 4.98 Å². The quantitative estimate of drug-likeness (QED) is 0.530. The molecule has 5 rings (SSSR count). The Hall–Kier alpha value is -3.20. The van der Waals surface area contributed by atoms with Gasteiger partial charge in [-0.3, -0.25) is 4.79 Å². The lowest BCUT2D eigenvalue weighted by Gasteiger charge is -2.34. The minimum Gasteiger partial charge on any atom is -0.419 e. The number of sulfone groups is 1. The number of anilines is 1. The van der Waals surface area contributed by atoms with Gasteiger partial charge < -0.3 is 14.2 Å². The summed E-state index contributed by atoms with van der Waals surface area (Å²) in [6, 6.07) is 12.1. The fraction of sp³-hybridized carbons (Fsp3) is 0.333. The van der Waals surface area contributed by atoms with E-state index in [1.165, 1.54) is 12.1 Å². The molecule has 0 unspecified atom stereocenters. The van der Waals surface area contributed by atoms with Gasteiger partial charge in [-0.1, -0.05) is 17.7 Å². The minimum absolute atomic E-state index is 0.0588. The van der Waals surface area contributed by atoms with Gasteiger partial charge in [0, 0.05) is 37.7 Å². The number of piperazine rings is 1. The SMILES string of the molecule is Cc1ccc(-c2nc(S(=O)(=O)c3ccc(F)cc3)c(N3CCN(C(=O)C4CC4)CC3)o2)cc1. The maximum absolute atomic E-state index is 13.4. The van der Waals surface area contributed by atoms with Crippen LogP contribution in [0.4, 0.5) is 10.3 Å². The van der Waals surface area contributed by atoms with E-state index in [0.29, 0.717) is 31.7 Å². The van der Waals surface area contributed by atoms with Crippen LogP contribution in [0.2, 0.25) is 0 Å². The number of halogens is 1. The summed E-state index contributed by atoms with van der Waals surface area (Å²) in [7, 11) is -4.06. The summed E-state index contributed by atoms with van der Waals surface area (Å²) < 4.78 is 46.3. The van der Waals surface area contributed by atoms with Crippen molar-refractivity contribution in [1.82, 2.24) is 9.88 Å². The highest BCUT2D eigenvalue weighted by atomic mass is 32.2. The average Bonchev–Trinajstić information content (AvgIpc) is 3.57. The first kappa shape index (κ1) is 21.6.